The highest BCUT2D eigenvalue weighted by Crippen LogP contribution is 2.24. The predicted molar refractivity (Wildman–Crippen MR) is 139 cm³/mol. The molecule has 0 bridgehead atoms. The average Bonchev–Trinajstić information content (AvgIpc) is 2.88. The van der Waals surface area contributed by atoms with Crippen LogP contribution in [0.2, 0.25) is 0 Å². The van der Waals surface area contributed by atoms with Gasteiger partial charge in [0.2, 0.25) is 5.95 Å². The Morgan fingerprint density at radius 3 is 2.23 bits per heavy atom. The molecular weight excluding hydrogens is 440 g/mol. The van der Waals surface area contributed by atoms with Gasteiger partial charge < -0.3 is 14.5 Å². The fraction of sp³-hybridized carbons (Fsp3) is 0.250. The van der Waals surface area contributed by atoms with Crippen molar-refractivity contribution in [2.75, 3.05) is 43.1 Å². The van der Waals surface area contributed by atoms with Gasteiger partial charge in [0.15, 0.2) is 0 Å². The Morgan fingerprint density at radius 2 is 1.54 bits per heavy atom. The van der Waals surface area contributed by atoms with Crippen LogP contribution in [0.15, 0.2) is 71.5 Å². The van der Waals surface area contributed by atoms with E-state index in [9.17, 15) is 9.59 Å². The smallest absolute Gasteiger partial charge is 0.337 e. The summed E-state index contributed by atoms with van der Waals surface area (Å²) in [4.78, 5) is 35.2. The molecule has 4 aromatic rings. The molecule has 3 aromatic carbocycles. The number of anilines is 2. The number of carbonyl (C=O) groups is 1. The van der Waals surface area contributed by atoms with Crippen LogP contribution in [0.1, 0.15) is 21.5 Å². The van der Waals surface area contributed by atoms with E-state index in [1.165, 1.54) is 18.4 Å². The highest BCUT2D eigenvalue weighted by molar-refractivity contribution is 5.94. The summed E-state index contributed by atoms with van der Waals surface area (Å²) in [7, 11) is 1.34. The van der Waals surface area contributed by atoms with Gasteiger partial charge in [0.05, 0.1) is 29.3 Å². The maximum atomic E-state index is 13.7. The molecule has 0 N–H and O–H groups in total. The lowest BCUT2D eigenvalue weighted by Crippen LogP contribution is -2.48. The van der Waals surface area contributed by atoms with Crippen LogP contribution in [0.5, 0.6) is 0 Å². The second-order valence-corrected chi connectivity index (χ2v) is 8.92. The minimum Gasteiger partial charge on any atom is -0.465 e. The van der Waals surface area contributed by atoms with Gasteiger partial charge in [-0.1, -0.05) is 29.8 Å². The number of esters is 1. The van der Waals surface area contributed by atoms with Crippen molar-refractivity contribution in [2.24, 2.45) is 0 Å². The number of nitrogens with zero attached hydrogens (tertiary/aromatic N) is 4. The molecule has 0 radical (unpaired) electrons. The van der Waals surface area contributed by atoms with Crippen LogP contribution in [-0.2, 0) is 4.74 Å². The zero-order chi connectivity index (χ0) is 24.5. The lowest BCUT2D eigenvalue weighted by atomic mass is 10.1. The van der Waals surface area contributed by atoms with E-state index >= 15 is 0 Å². The highest BCUT2D eigenvalue weighted by atomic mass is 16.5. The van der Waals surface area contributed by atoms with Crippen molar-refractivity contribution in [1.82, 2.24) is 9.55 Å². The average molecular weight is 469 g/mol. The molecule has 1 aliphatic heterocycles. The molecule has 0 spiro atoms. The number of fused-ring (bicyclic) bond motifs is 1. The van der Waals surface area contributed by atoms with Crippen LogP contribution in [0.25, 0.3) is 16.6 Å². The molecule has 1 saturated heterocycles. The molecule has 7 heteroatoms. The lowest BCUT2D eigenvalue weighted by Gasteiger charge is -2.37. The van der Waals surface area contributed by atoms with E-state index < -0.39 is 5.97 Å². The number of ether oxygens (including phenoxy) is 1. The van der Waals surface area contributed by atoms with Crippen molar-refractivity contribution in [1.29, 1.82) is 0 Å². The molecule has 2 heterocycles. The van der Waals surface area contributed by atoms with Gasteiger partial charge in [-0.3, -0.25) is 4.79 Å². The largest absolute Gasteiger partial charge is 0.465 e. The third kappa shape index (κ3) is 4.37. The fourth-order valence-electron chi connectivity index (χ4n) is 4.55. The second-order valence-electron chi connectivity index (χ2n) is 8.92. The van der Waals surface area contributed by atoms with Gasteiger partial charge in [-0.25, -0.2) is 14.3 Å². The summed E-state index contributed by atoms with van der Waals surface area (Å²) in [5.74, 6) is 0.127. The van der Waals surface area contributed by atoms with Crippen molar-refractivity contribution >= 4 is 28.5 Å². The summed E-state index contributed by atoms with van der Waals surface area (Å²) in [6.45, 7) is 7.18. The van der Waals surface area contributed by atoms with E-state index in [-0.39, 0.29) is 5.56 Å². The third-order valence-corrected chi connectivity index (χ3v) is 6.49. The van der Waals surface area contributed by atoms with Crippen molar-refractivity contribution in [3.05, 3.63) is 93.8 Å². The zero-order valence-corrected chi connectivity index (χ0v) is 20.2. The maximum Gasteiger partial charge on any atom is 0.337 e. The molecule has 1 aliphatic rings. The Balaban J connectivity index is 1.58. The summed E-state index contributed by atoms with van der Waals surface area (Å²) in [6, 6.07) is 21.3. The molecule has 0 atom stereocenters. The van der Waals surface area contributed by atoms with E-state index in [2.05, 4.69) is 41.0 Å². The minimum absolute atomic E-state index is 0.161. The summed E-state index contributed by atoms with van der Waals surface area (Å²) in [6.07, 6.45) is 0. The van der Waals surface area contributed by atoms with Crippen molar-refractivity contribution in [3.8, 4) is 5.69 Å². The van der Waals surface area contributed by atoms with Gasteiger partial charge in [0, 0.05) is 31.9 Å². The van der Waals surface area contributed by atoms with Crippen LogP contribution in [-0.4, -0.2) is 48.8 Å². The van der Waals surface area contributed by atoms with E-state index in [1.807, 2.05) is 31.2 Å². The van der Waals surface area contributed by atoms with Gasteiger partial charge in [-0.05, 0) is 61.9 Å². The monoisotopic (exact) mass is 468 g/mol. The Labute approximate surface area is 204 Å². The summed E-state index contributed by atoms with van der Waals surface area (Å²) < 4.78 is 6.54. The number of methoxy groups -OCH3 is 1. The number of hydrogen-bond donors (Lipinski definition) is 0. The van der Waals surface area contributed by atoms with Gasteiger partial charge >= 0.3 is 5.97 Å². The molecule has 0 amide bonds. The first kappa shape index (κ1) is 22.7. The van der Waals surface area contributed by atoms with Gasteiger partial charge in [-0.15, -0.1) is 0 Å². The minimum atomic E-state index is -0.454. The highest BCUT2D eigenvalue weighted by Gasteiger charge is 2.24. The number of rotatable bonds is 4. The molecule has 35 heavy (non-hydrogen) atoms. The first-order valence-corrected chi connectivity index (χ1v) is 11.7. The number of benzene rings is 3. The molecule has 178 valence electrons. The van der Waals surface area contributed by atoms with Crippen molar-refractivity contribution in [3.63, 3.8) is 0 Å². The Kier molecular flexibility index (Phi) is 5.99. The van der Waals surface area contributed by atoms with Crippen LogP contribution < -0.4 is 15.4 Å². The first-order chi connectivity index (χ1) is 16.9. The molecule has 5 rings (SSSR count). The quantitative estimate of drug-likeness (QED) is 0.420. The molecule has 0 aliphatic carbocycles. The van der Waals surface area contributed by atoms with Crippen LogP contribution in [0.4, 0.5) is 11.6 Å². The summed E-state index contributed by atoms with van der Waals surface area (Å²) >= 11 is 0. The molecule has 1 aromatic heterocycles. The number of aryl methyl sites for hydroxylation is 2. The zero-order valence-electron chi connectivity index (χ0n) is 20.2. The van der Waals surface area contributed by atoms with Gasteiger partial charge in [0.25, 0.3) is 5.56 Å². The Morgan fingerprint density at radius 1 is 0.829 bits per heavy atom. The van der Waals surface area contributed by atoms with Gasteiger partial charge in [-0.2, -0.15) is 0 Å². The van der Waals surface area contributed by atoms with Crippen molar-refractivity contribution in [2.45, 2.75) is 13.8 Å². The van der Waals surface area contributed by atoms with Crippen molar-refractivity contribution < 1.29 is 9.53 Å². The lowest BCUT2D eigenvalue weighted by molar-refractivity contribution is 0.0601. The fourth-order valence-corrected chi connectivity index (χ4v) is 4.55. The van der Waals surface area contributed by atoms with Gasteiger partial charge in [0.1, 0.15) is 0 Å². The van der Waals surface area contributed by atoms with Crippen LogP contribution in [0, 0.1) is 13.8 Å². The second kappa shape index (κ2) is 9.25. The topological polar surface area (TPSA) is 67.7 Å². The van der Waals surface area contributed by atoms with E-state index in [4.69, 9.17) is 9.72 Å². The Hall–Kier alpha value is -4.13. The summed E-state index contributed by atoms with van der Waals surface area (Å²) in [5.41, 5.74) is 5.01. The molecular formula is C28H28N4O3. The molecule has 7 nitrogen and oxygen atoms in total. The number of carbonyl (C=O) groups excluding carboxylic acids is 1. The first-order valence-electron chi connectivity index (χ1n) is 11.7. The normalized spacial score (nSPS) is 13.8. The molecule has 0 saturated carbocycles. The van der Waals surface area contributed by atoms with E-state index in [0.717, 1.165) is 24.3 Å². The molecule has 1 fully saturated rings. The maximum absolute atomic E-state index is 13.7. The van der Waals surface area contributed by atoms with Crippen LogP contribution in [0.3, 0.4) is 0 Å². The standard InChI is InChI=1S/C28H28N4O3/c1-19-7-10-22(11-8-19)32-26(33)24-12-9-21(27(34)35-3)18-25(24)29-28(32)31-15-13-30(14-16-31)23-6-4-5-20(2)17-23/h4-12,17-18H,13-16H2,1-3H3. The number of aromatic nitrogens is 2. The molecule has 0 unspecified atom stereocenters. The van der Waals surface area contributed by atoms with Crippen LogP contribution >= 0.6 is 0 Å². The predicted octanol–water partition coefficient (Wildman–Crippen LogP) is 4.12. The van der Waals surface area contributed by atoms with E-state index in [1.54, 1.807) is 22.8 Å². The third-order valence-electron chi connectivity index (χ3n) is 6.49. The number of hydrogen-bond acceptors (Lipinski definition) is 6. The van der Waals surface area contributed by atoms with E-state index in [0.29, 0.717) is 35.5 Å². The Bertz CT molecular complexity index is 1450. The summed E-state index contributed by atoms with van der Waals surface area (Å²) in [5, 5.41) is 0.459. The SMILES string of the molecule is COC(=O)c1ccc2c(=O)n(-c3ccc(C)cc3)c(N3CCN(c4cccc(C)c4)CC3)nc2c1. The number of piperazine rings is 1.